The molecule has 0 aliphatic carbocycles. The van der Waals surface area contributed by atoms with Crippen LogP contribution in [-0.4, -0.2) is 60.8 Å². The third kappa shape index (κ3) is 8.39. The monoisotopic (exact) mass is 546 g/mol. The van der Waals surface area contributed by atoms with E-state index in [9.17, 15) is 0 Å². The van der Waals surface area contributed by atoms with Crippen LogP contribution in [0.5, 0.6) is 0 Å². The van der Waals surface area contributed by atoms with Gasteiger partial charge < -0.3 is 20.1 Å². The number of halogens is 2. The summed E-state index contributed by atoms with van der Waals surface area (Å²) in [6.07, 6.45) is 7.18. The fourth-order valence-electron chi connectivity index (χ4n) is 3.48. The normalized spacial score (nSPS) is 15.3. The van der Waals surface area contributed by atoms with E-state index < -0.39 is 0 Å². The van der Waals surface area contributed by atoms with Gasteiger partial charge in [0.15, 0.2) is 5.96 Å². The zero-order chi connectivity index (χ0) is 20.3. The molecular weight excluding hydrogens is 515 g/mol. The summed E-state index contributed by atoms with van der Waals surface area (Å²) in [5.74, 6) is 1.94. The van der Waals surface area contributed by atoms with Gasteiger partial charge in [0.05, 0.1) is 0 Å². The Balaban J connectivity index is 0.00000320. The molecular formula is C21H32ClIN6O. The molecule has 1 saturated heterocycles. The molecule has 0 saturated carbocycles. The predicted octanol–water partition coefficient (Wildman–Crippen LogP) is 3.98. The van der Waals surface area contributed by atoms with Gasteiger partial charge in [0.1, 0.15) is 0 Å². The minimum absolute atomic E-state index is 0. The summed E-state index contributed by atoms with van der Waals surface area (Å²) in [5, 5.41) is 11.4. The molecule has 7 nitrogen and oxygen atoms in total. The van der Waals surface area contributed by atoms with E-state index in [-0.39, 0.29) is 24.0 Å². The maximum atomic E-state index is 6.02. The maximum Gasteiger partial charge on any atom is 0.228 e. The number of guanidine groups is 1. The Hall–Kier alpha value is -1.39. The number of rotatable bonds is 8. The van der Waals surface area contributed by atoms with E-state index in [2.05, 4.69) is 30.7 Å². The summed E-state index contributed by atoms with van der Waals surface area (Å²) < 4.78 is 5.34. The molecule has 166 valence electrons. The van der Waals surface area contributed by atoms with E-state index in [1.807, 2.05) is 24.3 Å². The molecule has 1 aliphatic rings. The Morgan fingerprint density at radius 1 is 1.17 bits per heavy atom. The van der Waals surface area contributed by atoms with Crippen LogP contribution in [0, 0.1) is 0 Å². The van der Waals surface area contributed by atoms with E-state index in [4.69, 9.17) is 16.1 Å². The highest BCUT2D eigenvalue weighted by Crippen LogP contribution is 2.19. The number of benzene rings is 1. The van der Waals surface area contributed by atoms with E-state index >= 15 is 0 Å². The lowest BCUT2D eigenvalue weighted by atomic mass is 10.2. The molecule has 0 unspecified atom stereocenters. The van der Waals surface area contributed by atoms with Crippen molar-refractivity contribution in [3.8, 4) is 11.4 Å². The number of likely N-dealkylation sites (tertiary alicyclic amines) is 1. The molecule has 2 aromatic rings. The molecule has 1 aliphatic heterocycles. The maximum absolute atomic E-state index is 6.02. The van der Waals surface area contributed by atoms with Crippen LogP contribution in [0.2, 0.25) is 5.02 Å². The van der Waals surface area contributed by atoms with Gasteiger partial charge in [-0.3, -0.25) is 4.99 Å². The molecule has 30 heavy (non-hydrogen) atoms. The molecule has 1 aromatic carbocycles. The van der Waals surface area contributed by atoms with Crippen LogP contribution in [0.4, 0.5) is 0 Å². The molecule has 9 heteroatoms. The smallest absolute Gasteiger partial charge is 0.228 e. The standard InChI is InChI=1S/C21H31ClN6O.HI/c1-23-21(24-11-7-15-28-13-4-2-3-5-14-28)25-12-10-19-26-20(27-29-19)17-8-6-9-18(22)16-17;/h6,8-9,16H,2-5,7,10-15H2,1H3,(H2,23,24,25);1H. The summed E-state index contributed by atoms with van der Waals surface area (Å²) in [6.45, 7) is 5.22. The molecule has 3 rings (SSSR count). The van der Waals surface area contributed by atoms with Gasteiger partial charge >= 0.3 is 0 Å². The average molecular weight is 547 g/mol. The third-order valence-corrected chi connectivity index (χ3v) is 5.28. The number of aliphatic imine (C=N–C) groups is 1. The van der Waals surface area contributed by atoms with Gasteiger partial charge in [-0.15, -0.1) is 24.0 Å². The number of aromatic nitrogens is 2. The van der Waals surface area contributed by atoms with Crippen molar-refractivity contribution in [2.75, 3.05) is 39.8 Å². The highest BCUT2D eigenvalue weighted by Gasteiger charge is 2.10. The zero-order valence-electron chi connectivity index (χ0n) is 17.6. The topological polar surface area (TPSA) is 78.6 Å². The van der Waals surface area contributed by atoms with Crippen molar-refractivity contribution in [1.29, 1.82) is 0 Å². The number of nitrogens with one attached hydrogen (secondary N) is 2. The second kappa shape index (κ2) is 13.8. The van der Waals surface area contributed by atoms with Gasteiger partial charge in [0, 0.05) is 37.1 Å². The van der Waals surface area contributed by atoms with Crippen molar-refractivity contribution in [1.82, 2.24) is 25.7 Å². The quantitative estimate of drug-likeness (QED) is 0.226. The van der Waals surface area contributed by atoms with E-state index in [1.165, 1.54) is 38.8 Å². The molecule has 0 bridgehead atoms. The van der Waals surface area contributed by atoms with Gasteiger partial charge in [-0.05, 0) is 51.0 Å². The largest absolute Gasteiger partial charge is 0.356 e. The highest BCUT2D eigenvalue weighted by atomic mass is 127. The first-order valence-corrected chi connectivity index (χ1v) is 10.9. The van der Waals surface area contributed by atoms with Crippen LogP contribution in [-0.2, 0) is 6.42 Å². The average Bonchev–Trinajstić information content (AvgIpc) is 3.05. The number of nitrogens with zero attached hydrogens (tertiary/aromatic N) is 4. The molecule has 0 amide bonds. The molecule has 2 N–H and O–H groups in total. The Kier molecular flexibility index (Phi) is 11.5. The molecule has 0 radical (unpaired) electrons. The Labute approximate surface area is 201 Å². The minimum Gasteiger partial charge on any atom is -0.356 e. The van der Waals surface area contributed by atoms with Crippen LogP contribution in [0.3, 0.4) is 0 Å². The van der Waals surface area contributed by atoms with Crippen molar-refractivity contribution in [3.63, 3.8) is 0 Å². The third-order valence-electron chi connectivity index (χ3n) is 5.05. The van der Waals surface area contributed by atoms with Crippen LogP contribution in [0.1, 0.15) is 38.0 Å². The molecule has 2 heterocycles. The number of hydrogen-bond acceptors (Lipinski definition) is 5. The first kappa shape index (κ1) is 24.9. The summed E-state index contributed by atoms with van der Waals surface area (Å²) in [7, 11) is 1.79. The van der Waals surface area contributed by atoms with Crippen molar-refractivity contribution in [2.24, 2.45) is 4.99 Å². The second-order valence-corrected chi connectivity index (χ2v) is 7.74. The summed E-state index contributed by atoms with van der Waals surface area (Å²) in [6, 6.07) is 7.43. The summed E-state index contributed by atoms with van der Waals surface area (Å²) in [5.41, 5.74) is 0.849. The Bertz CT molecular complexity index is 776. The lowest BCUT2D eigenvalue weighted by Gasteiger charge is -2.20. The summed E-state index contributed by atoms with van der Waals surface area (Å²) >= 11 is 6.02. The predicted molar refractivity (Wildman–Crippen MR) is 133 cm³/mol. The van der Waals surface area contributed by atoms with Crippen LogP contribution in [0.25, 0.3) is 11.4 Å². The zero-order valence-corrected chi connectivity index (χ0v) is 20.7. The Morgan fingerprint density at radius 2 is 1.93 bits per heavy atom. The van der Waals surface area contributed by atoms with Gasteiger partial charge in [-0.25, -0.2) is 0 Å². The first-order chi connectivity index (χ1) is 14.2. The second-order valence-electron chi connectivity index (χ2n) is 7.31. The molecule has 0 spiro atoms. The van der Waals surface area contributed by atoms with E-state index in [0.717, 1.165) is 31.0 Å². The van der Waals surface area contributed by atoms with E-state index in [0.29, 0.717) is 29.7 Å². The first-order valence-electron chi connectivity index (χ1n) is 10.5. The van der Waals surface area contributed by atoms with Gasteiger partial charge in [0.2, 0.25) is 11.7 Å². The van der Waals surface area contributed by atoms with Crippen LogP contribution >= 0.6 is 35.6 Å². The van der Waals surface area contributed by atoms with E-state index in [1.54, 1.807) is 7.05 Å². The van der Waals surface area contributed by atoms with Gasteiger partial charge in [-0.1, -0.05) is 41.7 Å². The fraction of sp³-hybridized carbons (Fsp3) is 0.571. The van der Waals surface area contributed by atoms with Crippen molar-refractivity contribution >= 4 is 41.5 Å². The SMILES string of the molecule is CN=C(NCCCN1CCCCCC1)NCCc1nc(-c2cccc(Cl)c2)no1.I. The van der Waals surface area contributed by atoms with Crippen molar-refractivity contribution in [3.05, 3.63) is 35.2 Å². The van der Waals surface area contributed by atoms with Gasteiger partial charge in [0.25, 0.3) is 0 Å². The van der Waals surface area contributed by atoms with Crippen LogP contribution < -0.4 is 10.6 Å². The van der Waals surface area contributed by atoms with Crippen LogP contribution in [0.15, 0.2) is 33.8 Å². The lowest BCUT2D eigenvalue weighted by Crippen LogP contribution is -2.39. The Morgan fingerprint density at radius 3 is 2.67 bits per heavy atom. The highest BCUT2D eigenvalue weighted by molar-refractivity contribution is 14.0. The van der Waals surface area contributed by atoms with Crippen molar-refractivity contribution in [2.45, 2.75) is 38.5 Å². The number of hydrogen-bond donors (Lipinski definition) is 2. The lowest BCUT2D eigenvalue weighted by molar-refractivity contribution is 0.282. The van der Waals surface area contributed by atoms with Gasteiger partial charge in [-0.2, -0.15) is 4.98 Å². The fourth-order valence-corrected chi connectivity index (χ4v) is 3.67. The molecule has 1 fully saturated rings. The minimum atomic E-state index is 0. The van der Waals surface area contributed by atoms with Crippen molar-refractivity contribution < 1.29 is 4.52 Å². The molecule has 1 aromatic heterocycles. The summed E-state index contributed by atoms with van der Waals surface area (Å²) in [4.78, 5) is 11.3. The molecule has 0 atom stereocenters.